The molecule has 7 nitrogen and oxygen atoms in total. The Morgan fingerprint density at radius 1 is 1.38 bits per heavy atom. The fourth-order valence-corrected chi connectivity index (χ4v) is 2.06. The summed E-state index contributed by atoms with van der Waals surface area (Å²) in [4.78, 5) is 26.0. The zero-order chi connectivity index (χ0) is 15.2. The number of fused-ring (bicyclic) bond motifs is 1. The Balaban J connectivity index is 2.19. The molecule has 0 unspecified atom stereocenters. The van der Waals surface area contributed by atoms with Gasteiger partial charge < -0.3 is 10.6 Å². The first kappa shape index (κ1) is 14.7. The molecule has 0 spiro atoms. The highest BCUT2D eigenvalue weighted by Crippen LogP contribution is 2.28. The molecule has 2 rings (SSSR count). The summed E-state index contributed by atoms with van der Waals surface area (Å²) in [5.41, 5.74) is 1.04. The minimum absolute atomic E-state index is 0.0279. The number of benzene rings is 1. The molecule has 1 aromatic heterocycles. The molecule has 0 aliphatic carbocycles. The third-order valence-electron chi connectivity index (χ3n) is 2.99. The van der Waals surface area contributed by atoms with Gasteiger partial charge in [0.1, 0.15) is 5.52 Å². The van der Waals surface area contributed by atoms with Crippen molar-refractivity contribution in [3.63, 3.8) is 0 Å². The minimum atomic E-state index is -0.451. The number of hydrogen-bond donors (Lipinski definition) is 2. The van der Waals surface area contributed by atoms with Crippen molar-refractivity contribution in [2.24, 2.45) is 0 Å². The lowest BCUT2D eigenvalue weighted by Gasteiger charge is -2.09. The quantitative estimate of drug-likeness (QED) is 0.626. The first-order valence-corrected chi connectivity index (χ1v) is 6.66. The Morgan fingerprint density at radius 2 is 2.19 bits per heavy atom. The zero-order valence-corrected chi connectivity index (χ0v) is 11.6. The molecular formula is C14H16N4O3. The van der Waals surface area contributed by atoms with Crippen molar-refractivity contribution in [3.8, 4) is 0 Å². The van der Waals surface area contributed by atoms with Crippen LogP contribution in [0.15, 0.2) is 30.5 Å². The summed E-state index contributed by atoms with van der Waals surface area (Å²) in [5.74, 6) is -0.0330. The Kier molecular flexibility index (Phi) is 4.65. The van der Waals surface area contributed by atoms with E-state index in [-0.39, 0.29) is 11.6 Å². The van der Waals surface area contributed by atoms with E-state index in [9.17, 15) is 14.9 Å². The number of nitrogens with one attached hydrogen (secondary N) is 2. The number of hydrogen-bond acceptors (Lipinski definition) is 5. The number of carbonyl (C=O) groups is 1. The lowest BCUT2D eigenvalue weighted by molar-refractivity contribution is -0.383. The van der Waals surface area contributed by atoms with E-state index in [0.717, 1.165) is 5.69 Å². The molecular weight excluding hydrogens is 272 g/mol. The lowest BCUT2D eigenvalue weighted by Crippen LogP contribution is -2.24. The van der Waals surface area contributed by atoms with Crippen LogP contribution in [0.25, 0.3) is 10.9 Å². The first-order valence-electron chi connectivity index (χ1n) is 6.66. The van der Waals surface area contributed by atoms with Crippen molar-refractivity contribution in [1.29, 1.82) is 0 Å². The van der Waals surface area contributed by atoms with E-state index >= 15 is 0 Å². The molecule has 110 valence electrons. The number of pyridine rings is 1. The molecule has 0 saturated carbocycles. The number of amides is 1. The van der Waals surface area contributed by atoms with E-state index in [0.29, 0.717) is 30.4 Å². The second kappa shape index (κ2) is 6.65. The maximum absolute atomic E-state index is 11.4. The summed E-state index contributed by atoms with van der Waals surface area (Å²) in [7, 11) is 0. The maximum Gasteiger partial charge on any atom is 0.295 e. The Morgan fingerprint density at radius 3 is 2.90 bits per heavy atom. The van der Waals surface area contributed by atoms with Crippen molar-refractivity contribution in [2.45, 2.75) is 13.3 Å². The van der Waals surface area contributed by atoms with Gasteiger partial charge in [0, 0.05) is 42.8 Å². The molecule has 2 aromatic rings. The van der Waals surface area contributed by atoms with Crippen LogP contribution in [0.5, 0.6) is 0 Å². The molecule has 0 atom stereocenters. The van der Waals surface area contributed by atoms with Crippen LogP contribution >= 0.6 is 0 Å². The molecule has 7 heteroatoms. The number of nitro groups is 1. The molecule has 0 radical (unpaired) electrons. The van der Waals surface area contributed by atoms with Crippen LogP contribution in [0.3, 0.4) is 0 Å². The highest BCUT2D eigenvalue weighted by Gasteiger charge is 2.14. The summed E-state index contributed by atoms with van der Waals surface area (Å²) < 4.78 is 0. The van der Waals surface area contributed by atoms with Crippen molar-refractivity contribution < 1.29 is 9.72 Å². The first-order chi connectivity index (χ1) is 10.1. The molecule has 0 fully saturated rings. The lowest BCUT2D eigenvalue weighted by atomic mass is 10.1. The summed E-state index contributed by atoms with van der Waals surface area (Å²) >= 11 is 0. The highest BCUT2D eigenvalue weighted by molar-refractivity contribution is 5.96. The fourth-order valence-electron chi connectivity index (χ4n) is 2.06. The van der Waals surface area contributed by atoms with Gasteiger partial charge in [0.2, 0.25) is 5.91 Å². The Hall–Kier alpha value is -2.70. The van der Waals surface area contributed by atoms with Crippen LogP contribution in [-0.2, 0) is 4.79 Å². The normalized spacial score (nSPS) is 10.3. The number of nitro benzene ring substituents is 1. The minimum Gasteiger partial charge on any atom is -0.384 e. The van der Waals surface area contributed by atoms with Gasteiger partial charge in [-0.05, 0) is 13.0 Å². The largest absolute Gasteiger partial charge is 0.384 e. The predicted octanol–water partition coefficient (Wildman–Crippen LogP) is 2.08. The number of anilines is 1. The third kappa shape index (κ3) is 3.44. The van der Waals surface area contributed by atoms with E-state index in [2.05, 4.69) is 15.6 Å². The van der Waals surface area contributed by atoms with Crippen LogP contribution in [0.4, 0.5) is 11.4 Å². The number of non-ortho nitro benzene ring substituents is 1. The van der Waals surface area contributed by atoms with E-state index < -0.39 is 4.92 Å². The molecule has 0 aliphatic rings. The van der Waals surface area contributed by atoms with Crippen LogP contribution < -0.4 is 10.6 Å². The second-order valence-corrected chi connectivity index (χ2v) is 4.42. The molecule has 1 aromatic carbocycles. The summed E-state index contributed by atoms with van der Waals surface area (Å²) in [6.07, 6.45) is 1.86. The summed E-state index contributed by atoms with van der Waals surface area (Å²) in [6.45, 7) is 2.91. The number of aromatic nitrogens is 1. The maximum atomic E-state index is 11.4. The molecule has 0 bridgehead atoms. The van der Waals surface area contributed by atoms with Crippen molar-refractivity contribution in [3.05, 3.63) is 40.6 Å². The number of para-hydroxylation sites is 1. The standard InChI is InChI=1S/C14H16N4O3/c1-2-15-13(19)7-9-16-11-6-8-17-14-10(11)4-3-5-12(14)18(20)21/h3-6,8H,2,7,9H2,1H3,(H,15,19)(H,16,17). The number of carbonyl (C=O) groups excluding carboxylic acids is 1. The van der Waals surface area contributed by atoms with Gasteiger partial charge in [0.15, 0.2) is 0 Å². The molecule has 21 heavy (non-hydrogen) atoms. The van der Waals surface area contributed by atoms with Gasteiger partial charge in [0.05, 0.1) is 4.92 Å². The molecule has 2 N–H and O–H groups in total. The van der Waals surface area contributed by atoms with Gasteiger partial charge in [-0.3, -0.25) is 14.9 Å². The van der Waals surface area contributed by atoms with Gasteiger partial charge >= 0.3 is 0 Å². The fraction of sp³-hybridized carbons (Fsp3) is 0.286. The van der Waals surface area contributed by atoms with Gasteiger partial charge in [-0.25, -0.2) is 4.98 Å². The van der Waals surface area contributed by atoms with E-state index in [4.69, 9.17) is 0 Å². The van der Waals surface area contributed by atoms with Gasteiger partial charge in [-0.15, -0.1) is 0 Å². The molecule has 0 aliphatic heterocycles. The molecule has 0 saturated heterocycles. The Bertz CT molecular complexity index is 672. The van der Waals surface area contributed by atoms with Crippen LogP contribution in [0.2, 0.25) is 0 Å². The number of nitrogens with zero attached hydrogens (tertiary/aromatic N) is 2. The van der Waals surface area contributed by atoms with E-state index in [1.54, 1.807) is 18.2 Å². The Labute approximate surface area is 121 Å². The van der Waals surface area contributed by atoms with Crippen molar-refractivity contribution >= 4 is 28.2 Å². The highest BCUT2D eigenvalue weighted by atomic mass is 16.6. The third-order valence-corrected chi connectivity index (χ3v) is 2.99. The summed E-state index contributed by atoms with van der Waals surface area (Å²) in [5, 5.41) is 17.5. The molecule has 1 amide bonds. The monoisotopic (exact) mass is 288 g/mol. The predicted molar refractivity (Wildman–Crippen MR) is 80.2 cm³/mol. The van der Waals surface area contributed by atoms with Gasteiger partial charge in [0.25, 0.3) is 5.69 Å². The van der Waals surface area contributed by atoms with Gasteiger partial charge in [-0.2, -0.15) is 0 Å². The van der Waals surface area contributed by atoms with E-state index in [1.807, 2.05) is 6.92 Å². The smallest absolute Gasteiger partial charge is 0.295 e. The van der Waals surface area contributed by atoms with Crippen LogP contribution in [-0.4, -0.2) is 28.9 Å². The van der Waals surface area contributed by atoms with Crippen molar-refractivity contribution in [2.75, 3.05) is 18.4 Å². The molecule has 1 heterocycles. The van der Waals surface area contributed by atoms with E-state index in [1.165, 1.54) is 12.3 Å². The van der Waals surface area contributed by atoms with Crippen LogP contribution in [0, 0.1) is 10.1 Å². The summed E-state index contributed by atoms with van der Waals surface area (Å²) in [6, 6.07) is 6.55. The average molecular weight is 288 g/mol. The SMILES string of the molecule is CCNC(=O)CCNc1ccnc2c([N+](=O)[O-])cccc12. The number of rotatable bonds is 6. The van der Waals surface area contributed by atoms with Crippen LogP contribution in [0.1, 0.15) is 13.3 Å². The van der Waals surface area contributed by atoms with Gasteiger partial charge in [-0.1, -0.05) is 12.1 Å². The zero-order valence-electron chi connectivity index (χ0n) is 11.6. The second-order valence-electron chi connectivity index (χ2n) is 4.42. The van der Waals surface area contributed by atoms with Crippen molar-refractivity contribution in [1.82, 2.24) is 10.3 Å². The average Bonchev–Trinajstić information content (AvgIpc) is 2.47. The topological polar surface area (TPSA) is 97.2 Å².